The van der Waals surface area contributed by atoms with Gasteiger partial charge in [0.1, 0.15) is 35.0 Å². The number of carbonyl (C=O) groups excluding carboxylic acids is 1. The molecule has 248 valence electrons. The van der Waals surface area contributed by atoms with Gasteiger partial charge in [-0.1, -0.05) is 12.1 Å². The van der Waals surface area contributed by atoms with E-state index in [1.807, 2.05) is 10.6 Å². The summed E-state index contributed by atoms with van der Waals surface area (Å²) in [7, 11) is 1.31. The molecule has 46 heavy (non-hydrogen) atoms. The van der Waals surface area contributed by atoms with Crippen LogP contribution in [-0.2, 0) is 30.9 Å². The number of aromatic nitrogens is 1. The molecule has 1 amide bonds. The van der Waals surface area contributed by atoms with Gasteiger partial charge in [-0.05, 0) is 56.0 Å². The standard InChI is InChI=1S/C30H27F8N3O5/c1-13-9-19(30(36,37)38)23(27(43)41(13)3)18-7-6-15(17-5-4-8-46-25(17)18)10-22(28(44)45)40-26(42)24-20(31)11-16(12-21(24)32)39-14(2)29(33,34)35/h6-7,9,11-12,14,22,39H,4-5,8,10H2,1-3H3,(H,40,42)(H,44,45). The molecule has 1 aliphatic heterocycles. The second-order valence-electron chi connectivity index (χ2n) is 10.8. The minimum absolute atomic E-state index is 0.0576. The third kappa shape index (κ3) is 6.94. The Hall–Kier alpha value is -4.63. The monoisotopic (exact) mass is 661 g/mol. The molecule has 2 unspecified atom stereocenters. The Balaban J connectivity index is 1.69. The fourth-order valence-electron chi connectivity index (χ4n) is 5.08. The third-order valence-electron chi connectivity index (χ3n) is 7.59. The lowest BCUT2D eigenvalue weighted by molar-refractivity contribution is -0.139. The normalized spacial score (nSPS) is 14.6. The lowest BCUT2D eigenvalue weighted by Crippen LogP contribution is -2.43. The van der Waals surface area contributed by atoms with Gasteiger partial charge in [-0.15, -0.1) is 0 Å². The van der Waals surface area contributed by atoms with Crippen molar-refractivity contribution < 1.29 is 54.6 Å². The molecular weight excluding hydrogens is 634 g/mol. The van der Waals surface area contributed by atoms with Crippen molar-refractivity contribution in [3.63, 3.8) is 0 Å². The number of carboxylic acids is 1. The van der Waals surface area contributed by atoms with Crippen LogP contribution < -0.4 is 20.9 Å². The molecule has 2 aromatic carbocycles. The van der Waals surface area contributed by atoms with Crippen molar-refractivity contribution in [2.45, 2.75) is 57.5 Å². The average Bonchev–Trinajstić information content (AvgIpc) is 2.94. The summed E-state index contributed by atoms with van der Waals surface area (Å²) < 4.78 is 117. The van der Waals surface area contributed by atoms with E-state index in [1.54, 1.807) is 0 Å². The molecule has 4 rings (SSSR count). The lowest BCUT2D eigenvalue weighted by Gasteiger charge is -2.26. The van der Waals surface area contributed by atoms with E-state index in [0.717, 1.165) is 10.6 Å². The number of carbonyl (C=O) groups is 2. The number of amides is 1. The first-order valence-electron chi connectivity index (χ1n) is 13.7. The van der Waals surface area contributed by atoms with Crippen molar-refractivity contribution >= 4 is 17.6 Å². The number of pyridine rings is 1. The highest BCUT2D eigenvalue weighted by molar-refractivity contribution is 5.97. The van der Waals surface area contributed by atoms with Crippen LogP contribution in [0.25, 0.3) is 11.1 Å². The average molecular weight is 662 g/mol. The molecule has 0 saturated heterocycles. The van der Waals surface area contributed by atoms with Gasteiger partial charge in [0.05, 0.1) is 17.7 Å². The SMILES string of the molecule is Cc1cc(C(F)(F)F)c(-c2ccc(CC(NC(=O)c3c(F)cc(NC(C)C(F)(F)F)cc3F)C(=O)O)c3c2OCCC3)c(=O)n1C. The maximum atomic E-state index is 14.7. The summed E-state index contributed by atoms with van der Waals surface area (Å²) in [4.78, 5) is 38.0. The van der Waals surface area contributed by atoms with E-state index in [2.05, 4.69) is 0 Å². The largest absolute Gasteiger partial charge is 0.493 e. The summed E-state index contributed by atoms with van der Waals surface area (Å²) in [6.07, 6.45) is -9.55. The highest BCUT2D eigenvalue weighted by Gasteiger charge is 2.38. The molecular formula is C30H27F8N3O5. The maximum Gasteiger partial charge on any atom is 0.417 e. The fourth-order valence-corrected chi connectivity index (χ4v) is 5.08. The second-order valence-corrected chi connectivity index (χ2v) is 10.8. The summed E-state index contributed by atoms with van der Waals surface area (Å²) in [6, 6.07) is 0.192. The Morgan fingerprint density at radius 1 is 1.07 bits per heavy atom. The maximum absolute atomic E-state index is 14.7. The molecule has 2 atom stereocenters. The minimum atomic E-state index is -4.90. The van der Waals surface area contributed by atoms with Crippen molar-refractivity contribution in [1.29, 1.82) is 0 Å². The summed E-state index contributed by atoms with van der Waals surface area (Å²) >= 11 is 0. The van der Waals surface area contributed by atoms with Crippen LogP contribution in [0.1, 0.15) is 46.1 Å². The Kier molecular flexibility index (Phi) is 9.41. The van der Waals surface area contributed by atoms with Crippen molar-refractivity contribution in [2.24, 2.45) is 7.05 Å². The topological polar surface area (TPSA) is 110 Å². The molecule has 0 fully saturated rings. The number of hydrogen-bond acceptors (Lipinski definition) is 5. The van der Waals surface area contributed by atoms with Gasteiger partial charge in [0.15, 0.2) is 0 Å². The second kappa shape index (κ2) is 12.6. The van der Waals surface area contributed by atoms with Crippen LogP contribution in [-0.4, -0.2) is 46.4 Å². The molecule has 1 aliphatic rings. The number of ether oxygens (including phenoxy) is 1. The van der Waals surface area contributed by atoms with Gasteiger partial charge < -0.3 is 25.0 Å². The summed E-state index contributed by atoms with van der Waals surface area (Å²) in [5.74, 6) is -6.34. The molecule has 2 heterocycles. The summed E-state index contributed by atoms with van der Waals surface area (Å²) in [5, 5.41) is 13.7. The van der Waals surface area contributed by atoms with Crippen molar-refractivity contribution in [3.05, 3.63) is 80.3 Å². The third-order valence-corrected chi connectivity index (χ3v) is 7.59. The van der Waals surface area contributed by atoms with E-state index in [0.29, 0.717) is 25.5 Å². The number of nitrogens with one attached hydrogen (secondary N) is 2. The predicted octanol–water partition coefficient (Wildman–Crippen LogP) is 5.77. The molecule has 3 aromatic rings. The van der Waals surface area contributed by atoms with Gasteiger partial charge in [-0.3, -0.25) is 9.59 Å². The van der Waals surface area contributed by atoms with Gasteiger partial charge in [0.2, 0.25) is 0 Å². The van der Waals surface area contributed by atoms with E-state index < -0.39 is 82.3 Å². The number of fused-ring (bicyclic) bond motifs is 1. The van der Waals surface area contributed by atoms with E-state index in [1.165, 1.54) is 26.1 Å². The highest BCUT2D eigenvalue weighted by Crippen LogP contribution is 2.43. The Labute approximate surface area is 256 Å². The number of rotatable bonds is 8. The summed E-state index contributed by atoms with van der Waals surface area (Å²) in [5.41, 5.74) is -4.26. The van der Waals surface area contributed by atoms with Gasteiger partial charge in [-0.25, -0.2) is 13.6 Å². The first-order chi connectivity index (χ1) is 21.3. The number of anilines is 1. The molecule has 0 bridgehead atoms. The first-order valence-corrected chi connectivity index (χ1v) is 13.7. The smallest absolute Gasteiger partial charge is 0.417 e. The number of hydrogen-bond donors (Lipinski definition) is 3. The zero-order valence-electron chi connectivity index (χ0n) is 24.4. The van der Waals surface area contributed by atoms with E-state index in [4.69, 9.17) is 4.74 Å². The zero-order valence-corrected chi connectivity index (χ0v) is 24.4. The van der Waals surface area contributed by atoms with Crippen LogP contribution in [0.3, 0.4) is 0 Å². The molecule has 0 aliphatic carbocycles. The van der Waals surface area contributed by atoms with E-state index in [-0.39, 0.29) is 41.2 Å². The minimum Gasteiger partial charge on any atom is -0.493 e. The molecule has 3 N–H and O–H groups in total. The number of carboxylic acid groups (broad SMARTS) is 1. The van der Waals surface area contributed by atoms with Gasteiger partial charge in [-0.2, -0.15) is 26.3 Å². The van der Waals surface area contributed by atoms with Crippen LogP contribution in [0.5, 0.6) is 5.75 Å². The molecule has 0 radical (unpaired) electrons. The van der Waals surface area contributed by atoms with Crippen LogP contribution in [0.2, 0.25) is 0 Å². The van der Waals surface area contributed by atoms with Crippen molar-refractivity contribution in [2.75, 3.05) is 11.9 Å². The van der Waals surface area contributed by atoms with E-state index in [9.17, 15) is 54.6 Å². The molecule has 0 spiro atoms. The predicted molar refractivity (Wildman–Crippen MR) is 149 cm³/mol. The highest BCUT2D eigenvalue weighted by atomic mass is 19.4. The number of alkyl halides is 6. The van der Waals surface area contributed by atoms with Crippen molar-refractivity contribution in [3.8, 4) is 16.9 Å². The quantitative estimate of drug-likeness (QED) is 0.265. The van der Waals surface area contributed by atoms with Gasteiger partial charge >= 0.3 is 18.3 Å². The molecule has 16 heteroatoms. The number of halogens is 8. The lowest BCUT2D eigenvalue weighted by atomic mass is 9.89. The number of benzene rings is 2. The fraction of sp³-hybridized carbons (Fsp3) is 0.367. The van der Waals surface area contributed by atoms with Crippen LogP contribution >= 0.6 is 0 Å². The van der Waals surface area contributed by atoms with Gasteiger partial charge in [0, 0.05) is 30.4 Å². The molecule has 8 nitrogen and oxygen atoms in total. The Bertz CT molecular complexity index is 1730. The molecule has 0 saturated carbocycles. The first kappa shape index (κ1) is 34.2. The van der Waals surface area contributed by atoms with Gasteiger partial charge in [0.25, 0.3) is 11.5 Å². The zero-order chi connectivity index (χ0) is 34.3. The van der Waals surface area contributed by atoms with Crippen LogP contribution in [0, 0.1) is 18.6 Å². The molecule has 1 aromatic heterocycles. The number of aryl methyl sites for hydroxylation is 1. The number of nitrogens with zero attached hydrogens (tertiary/aromatic N) is 1. The summed E-state index contributed by atoms with van der Waals surface area (Å²) in [6.45, 7) is 2.13. The Morgan fingerprint density at radius 3 is 2.26 bits per heavy atom. The van der Waals surface area contributed by atoms with Crippen LogP contribution in [0.15, 0.2) is 35.1 Å². The van der Waals surface area contributed by atoms with E-state index >= 15 is 0 Å². The van der Waals surface area contributed by atoms with Crippen LogP contribution in [0.4, 0.5) is 40.8 Å². The number of aliphatic carboxylic acids is 1. The van der Waals surface area contributed by atoms with Crippen molar-refractivity contribution in [1.82, 2.24) is 9.88 Å². The Morgan fingerprint density at radius 2 is 1.70 bits per heavy atom.